The third-order valence-corrected chi connectivity index (χ3v) is 3.27. The van der Waals surface area contributed by atoms with Crippen molar-refractivity contribution in [3.8, 4) is 0 Å². The Kier molecular flexibility index (Phi) is 4.61. The highest BCUT2D eigenvalue weighted by atomic mass is 16.2. The predicted octanol–water partition coefficient (Wildman–Crippen LogP) is 3.36. The van der Waals surface area contributed by atoms with Gasteiger partial charge in [-0.3, -0.25) is 4.79 Å². The van der Waals surface area contributed by atoms with Gasteiger partial charge in [-0.1, -0.05) is 32.0 Å². The highest BCUT2D eigenvalue weighted by Crippen LogP contribution is 2.15. The number of carbonyl (C=O) groups is 1. The quantitative estimate of drug-likeness (QED) is 0.847. The summed E-state index contributed by atoms with van der Waals surface area (Å²) in [6.45, 7) is 5.93. The Balaban J connectivity index is 2.08. The van der Waals surface area contributed by atoms with E-state index in [4.69, 9.17) is 0 Å². The molecule has 1 aromatic heterocycles. The normalized spacial score (nSPS) is 10.8. The first-order valence-corrected chi connectivity index (χ1v) is 7.09. The Labute approximate surface area is 114 Å². The van der Waals surface area contributed by atoms with Crippen LogP contribution >= 0.6 is 0 Å². The van der Waals surface area contributed by atoms with Crippen molar-refractivity contribution in [3.63, 3.8) is 0 Å². The summed E-state index contributed by atoms with van der Waals surface area (Å²) < 4.78 is 0. The summed E-state index contributed by atoms with van der Waals surface area (Å²) in [7, 11) is 0. The maximum atomic E-state index is 12.3. The van der Waals surface area contributed by atoms with E-state index in [9.17, 15) is 4.79 Å². The standard InChI is InChI=1S/C16H22N2O/c1-3-9-18(10-4-2)16(19)12-14-11-13-7-5-6-8-15(13)17-14/h5-8,11,17H,3-4,9-10,12H2,1-2H3. The lowest BCUT2D eigenvalue weighted by Gasteiger charge is -2.21. The van der Waals surface area contributed by atoms with Crippen LogP contribution in [0.3, 0.4) is 0 Å². The Morgan fingerprint density at radius 1 is 1.16 bits per heavy atom. The van der Waals surface area contributed by atoms with E-state index in [0.717, 1.165) is 37.1 Å². The van der Waals surface area contributed by atoms with Crippen LogP contribution in [0.1, 0.15) is 32.4 Å². The number of fused-ring (bicyclic) bond motifs is 1. The zero-order valence-corrected chi connectivity index (χ0v) is 11.8. The number of benzene rings is 1. The second-order valence-corrected chi connectivity index (χ2v) is 4.94. The number of aromatic nitrogens is 1. The number of nitrogens with one attached hydrogen (secondary N) is 1. The van der Waals surface area contributed by atoms with Gasteiger partial charge in [0.25, 0.3) is 0 Å². The maximum Gasteiger partial charge on any atom is 0.228 e. The van der Waals surface area contributed by atoms with Crippen molar-refractivity contribution in [2.75, 3.05) is 13.1 Å². The molecular formula is C16H22N2O. The van der Waals surface area contributed by atoms with E-state index < -0.39 is 0 Å². The average molecular weight is 258 g/mol. The first-order chi connectivity index (χ1) is 9.24. The van der Waals surface area contributed by atoms with E-state index in [1.165, 1.54) is 5.39 Å². The summed E-state index contributed by atoms with van der Waals surface area (Å²) in [5.74, 6) is 0.218. The van der Waals surface area contributed by atoms with Gasteiger partial charge in [0.1, 0.15) is 0 Å². The van der Waals surface area contributed by atoms with Crippen LogP contribution < -0.4 is 0 Å². The van der Waals surface area contributed by atoms with Crippen LogP contribution in [0.5, 0.6) is 0 Å². The van der Waals surface area contributed by atoms with Gasteiger partial charge in [-0.05, 0) is 30.4 Å². The number of H-pyrrole nitrogens is 1. The van der Waals surface area contributed by atoms with E-state index in [-0.39, 0.29) is 5.91 Å². The van der Waals surface area contributed by atoms with Crippen LogP contribution in [-0.2, 0) is 11.2 Å². The molecule has 2 rings (SSSR count). The predicted molar refractivity (Wildman–Crippen MR) is 79.2 cm³/mol. The molecule has 19 heavy (non-hydrogen) atoms. The number of hydrogen-bond acceptors (Lipinski definition) is 1. The summed E-state index contributed by atoms with van der Waals surface area (Å²) >= 11 is 0. The second kappa shape index (κ2) is 6.41. The molecule has 1 amide bonds. The molecule has 0 aliphatic heterocycles. The number of hydrogen-bond donors (Lipinski definition) is 1. The highest BCUT2D eigenvalue weighted by Gasteiger charge is 2.13. The molecule has 0 aliphatic carbocycles. The first-order valence-electron chi connectivity index (χ1n) is 7.09. The number of para-hydroxylation sites is 1. The van der Waals surface area contributed by atoms with Gasteiger partial charge in [-0.15, -0.1) is 0 Å². The van der Waals surface area contributed by atoms with Gasteiger partial charge >= 0.3 is 0 Å². The van der Waals surface area contributed by atoms with Gasteiger partial charge in [0.05, 0.1) is 6.42 Å². The molecule has 3 nitrogen and oxygen atoms in total. The molecule has 0 aliphatic rings. The van der Waals surface area contributed by atoms with Crippen LogP contribution in [0.2, 0.25) is 0 Å². The largest absolute Gasteiger partial charge is 0.358 e. The Morgan fingerprint density at radius 3 is 2.47 bits per heavy atom. The van der Waals surface area contributed by atoms with Crippen molar-refractivity contribution in [1.82, 2.24) is 9.88 Å². The molecule has 0 bridgehead atoms. The van der Waals surface area contributed by atoms with Gasteiger partial charge in [0.15, 0.2) is 0 Å². The fourth-order valence-electron chi connectivity index (χ4n) is 2.40. The lowest BCUT2D eigenvalue weighted by Crippen LogP contribution is -2.33. The topological polar surface area (TPSA) is 36.1 Å². The summed E-state index contributed by atoms with van der Waals surface area (Å²) in [5.41, 5.74) is 2.10. The summed E-state index contributed by atoms with van der Waals surface area (Å²) in [5, 5.41) is 1.17. The zero-order chi connectivity index (χ0) is 13.7. The second-order valence-electron chi connectivity index (χ2n) is 4.94. The third-order valence-electron chi connectivity index (χ3n) is 3.27. The van der Waals surface area contributed by atoms with Crippen molar-refractivity contribution in [3.05, 3.63) is 36.0 Å². The molecule has 1 aromatic carbocycles. The summed E-state index contributed by atoms with van der Waals surface area (Å²) in [4.78, 5) is 17.6. The Morgan fingerprint density at radius 2 is 1.84 bits per heavy atom. The van der Waals surface area contributed by atoms with E-state index >= 15 is 0 Å². The van der Waals surface area contributed by atoms with E-state index in [1.54, 1.807) is 0 Å². The van der Waals surface area contributed by atoms with Gasteiger partial charge < -0.3 is 9.88 Å². The molecule has 3 heteroatoms. The van der Waals surface area contributed by atoms with Crippen molar-refractivity contribution in [1.29, 1.82) is 0 Å². The molecule has 0 spiro atoms. The number of nitrogens with zero attached hydrogens (tertiary/aromatic N) is 1. The number of rotatable bonds is 6. The van der Waals surface area contributed by atoms with Gasteiger partial charge in [-0.2, -0.15) is 0 Å². The number of amides is 1. The van der Waals surface area contributed by atoms with Crippen molar-refractivity contribution < 1.29 is 4.79 Å². The third kappa shape index (κ3) is 3.37. The van der Waals surface area contributed by atoms with Crippen LogP contribution in [0, 0.1) is 0 Å². The summed E-state index contributed by atoms with van der Waals surface area (Å²) in [6, 6.07) is 10.2. The minimum atomic E-state index is 0.218. The molecule has 0 saturated heterocycles. The van der Waals surface area contributed by atoms with Crippen LogP contribution in [0.4, 0.5) is 0 Å². The van der Waals surface area contributed by atoms with Crippen LogP contribution in [0.15, 0.2) is 30.3 Å². The number of aromatic amines is 1. The van der Waals surface area contributed by atoms with Crippen molar-refractivity contribution in [2.45, 2.75) is 33.1 Å². The smallest absolute Gasteiger partial charge is 0.228 e. The lowest BCUT2D eigenvalue weighted by atomic mass is 10.2. The maximum absolute atomic E-state index is 12.3. The van der Waals surface area contributed by atoms with Crippen LogP contribution in [0.25, 0.3) is 10.9 Å². The molecule has 1 N–H and O–H groups in total. The van der Waals surface area contributed by atoms with E-state index in [1.807, 2.05) is 23.1 Å². The van der Waals surface area contributed by atoms with Gasteiger partial charge in [-0.25, -0.2) is 0 Å². The highest BCUT2D eigenvalue weighted by molar-refractivity contribution is 5.84. The van der Waals surface area contributed by atoms with E-state index in [2.05, 4.69) is 31.0 Å². The molecule has 0 unspecified atom stereocenters. The molecule has 102 valence electrons. The zero-order valence-electron chi connectivity index (χ0n) is 11.8. The monoisotopic (exact) mass is 258 g/mol. The SMILES string of the molecule is CCCN(CCC)C(=O)Cc1cc2ccccc2[nH]1. The molecule has 0 saturated carbocycles. The molecule has 1 heterocycles. The fourth-order valence-corrected chi connectivity index (χ4v) is 2.40. The average Bonchev–Trinajstić information content (AvgIpc) is 2.80. The Bertz CT molecular complexity index is 505. The van der Waals surface area contributed by atoms with E-state index in [0.29, 0.717) is 6.42 Å². The molecule has 0 radical (unpaired) electrons. The molecule has 0 fully saturated rings. The van der Waals surface area contributed by atoms with Crippen molar-refractivity contribution >= 4 is 16.8 Å². The minimum absolute atomic E-state index is 0.218. The number of carbonyl (C=O) groups excluding carboxylic acids is 1. The first kappa shape index (κ1) is 13.7. The Hall–Kier alpha value is -1.77. The molecular weight excluding hydrogens is 236 g/mol. The molecule has 2 aromatic rings. The van der Waals surface area contributed by atoms with Gasteiger partial charge in [0, 0.05) is 24.3 Å². The fraction of sp³-hybridized carbons (Fsp3) is 0.438. The summed E-state index contributed by atoms with van der Waals surface area (Å²) in [6.07, 6.45) is 2.49. The van der Waals surface area contributed by atoms with Crippen molar-refractivity contribution in [2.24, 2.45) is 0 Å². The van der Waals surface area contributed by atoms with Crippen LogP contribution in [-0.4, -0.2) is 28.9 Å². The minimum Gasteiger partial charge on any atom is -0.358 e. The lowest BCUT2D eigenvalue weighted by molar-refractivity contribution is -0.130. The molecule has 0 atom stereocenters. The van der Waals surface area contributed by atoms with Gasteiger partial charge in [0.2, 0.25) is 5.91 Å².